The summed E-state index contributed by atoms with van der Waals surface area (Å²) in [5.74, 6) is 1.25. The van der Waals surface area contributed by atoms with Gasteiger partial charge in [-0.25, -0.2) is 0 Å². The molecule has 0 aliphatic carbocycles. The first-order chi connectivity index (χ1) is 9.78. The fourth-order valence-corrected chi connectivity index (χ4v) is 2.49. The van der Waals surface area contributed by atoms with E-state index >= 15 is 0 Å². The Balaban J connectivity index is 2.06. The smallest absolute Gasteiger partial charge is 0.247 e. The van der Waals surface area contributed by atoms with E-state index in [9.17, 15) is 0 Å². The van der Waals surface area contributed by atoms with Crippen LogP contribution in [0.2, 0.25) is 0 Å². The van der Waals surface area contributed by atoms with Crippen molar-refractivity contribution in [3.63, 3.8) is 0 Å². The Morgan fingerprint density at radius 3 is 3.10 bits per heavy atom. The number of nitrogens with zero attached hydrogens (tertiary/aromatic N) is 3. The van der Waals surface area contributed by atoms with E-state index in [1.165, 1.54) is 11.8 Å². The Morgan fingerprint density at radius 2 is 2.25 bits per heavy atom. The van der Waals surface area contributed by atoms with Gasteiger partial charge in [0.1, 0.15) is 0 Å². The first-order valence-corrected chi connectivity index (χ1v) is 7.27. The highest BCUT2D eigenvalue weighted by Crippen LogP contribution is 2.35. The maximum absolute atomic E-state index is 5.80. The minimum atomic E-state index is -0.175. The van der Waals surface area contributed by atoms with Crippen molar-refractivity contribution in [3.05, 3.63) is 36.9 Å². The molecule has 0 saturated carbocycles. The van der Waals surface area contributed by atoms with Crippen molar-refractivity contribution in [2.75, 3.05) is 11.1 Å². The van der Waals surface area contributed by atoms with E-state index in [4.69, 9.17) is 4.74 Å². The fourth-order valence-electron chi connectivity index (χ4n) is 1.97. The van der Waals surface area contributed by atoms with Gasteiger partial charge < -0.3 is 10.1 Å². The number of benzene rings is 1. The van der Waals surface area contributed by atoms with E-state index in [1.54, 1.807) is 6.08 Å². The van der Waals surface area contributed by atoms with Crippen molar-refractivity contribution in [1.82, 2.24) is 15.2 Å². The van der Waals surface area contributed by atoms with Crippen LogP contribution < -0.4 is 10.1 Å². The van der Waals surface area contributed by atoms with Gasteiger partial charge in [-0.05, 0) is 13.0 Å². The molecule has 1 aliphatic rings. The summed E-state index contributed by atoms with van der Waals surface area (Å²) < 4.78 is 5.80. The van der Waals surface area contributed by atoms with Gasteiger partial charge in [0, 0.05) is 17.0 Å². The van der Waals surface area contributed by atoms with Gasteiger partial charge in [-0.15, -0.1) is 16.8 Å². The second-order valence-electron chi connectivity index (χ2n) is 4.30. The molecule has 0 unspecified atom stereocenters. The topological polar surface area (TPSA) is 59.9 Å². The summed E-state index contributed by atoms with van der Waals surface area (Å²) in [6, 6.07) is 7.91. The van der Waals surface area contributed by atoms with Gasteiger partial charge in [0.15, 0.2) is 11.9 Å². The molecule has 0 spiro atoms. The molecular weight excluding hydrogens is 272 g/mol. The number of anilines is 1. The van der Waals surface area contributed by atoms with E-state index in [0.29, 0.717) is 16.7 Å². The Morgan fingerprint density at radius 1 is 1.40 bits per heavy atom. The highest BCUT2D eigenvalue weighted by molar-refractivity contribution is 7.99. The second-order valence-corrected chi connectivity index (χ2v) is 5.28. The van der Waals surface area contributed by atoms with Crippen molar-refractivity contribution in [2.24, 2.45) is 0 Å². The molecule has 2 heterocycles. The molecule has 102 valence electrons. The summed E-state index contributed by atoms with van der Waals surface area (Å²) in [5.41, 5.74) is 2.59. The third kappa shape index (κ3) is 2.46. The Labute approximate surface area is 121 Å². The van der Waals surface area contributed by atoms with Crippen LogP contribution in [0.15, 0.2) is 42.1 Å². The number of thioether (sulfide) groups is 1. The van der Waals surface area contributed by atoms with Crippen LogP contribution in [0, 0.1) is 0 Å². The van der Waals surface area contributed by atoms with E-state index in [0.717, 1.165) is 17.0 Å². The van der Waals surface area contributed by atoms with Gasteiger partial charge >= 0.3 is 0 Å². The second kappa shape index (κ2) is 5.50. The van der Waals surface area contributed by atoms with Crippen LogP contribution in [0.1, 0.15) is 6.92 Å². The predicted octanol–water partition coefficient (Wildman–Crippen LogP) is 2.97. The van der Waals surface area contributed by atoms with Crippen LogP contribution in [0.4, 0.5) is 5.69 Å². The lowest BCUT2D eigenvalue weighted by Crippen LogP contribution is -2.21. The van der Waals surface area contributed by atoms with Crippen LogP contribution in [-0.2, 0) is 0 Å². The summed E-state index contributed by atoms with van der Waals surface area (Å²) in [7, 11) is 0. The highest BCUT2D eigenvalue weighted by Gasteiger charge is 2.22. The van der Waals surface area contributed by atoms with Crippen LogP contribution in [0.5, 0.6) is 5.88 Å². The number of para-hydroxylation sites is 1. The number of nitrogens with one attached hydrogen (secondary N) is 1. The molecule has 2 aromatic rings. The fraction of sp³-hybridized carbons (Fsp3) is 0.214. The third-order valence-corrected chi connectivity index (χ3v) is 3.63. The minimum absolute atomic E-state index is 0.175. The maximum atomic E-state index is 5.80. The molecule has 1 aromatic heterocycles. The lowest BCUT2D eigenvalue weighted by Gasteiger charge is -2.13. The van der Waals surface area contributed by atoms with E-state index < -0.39 is 0 Å². The van der Waals surface area contributed by atoms with Gasteiger partial charge in [0.25, 0.3) is 0 Å². The Kier molecular flexibility index (Phi) is 3.56. The average molecular weight is 286 g/mol. The zero-order valence-corrected chi connectivity index (χ0v) is 11.9. The standard InChI is InChI=1S/C14H14N4OS/c1-3-8-20-14-16-13-12(17-18-14)10-6-4-5-7-11(10)15-9(2)19-13/h3-7,9,15H,1,8H2,2H3/t9-/m1/s1. The summed E-state index contributed by atoms with van der Waals surface area (Å²) in [5, 5.41) is 12.3. The third-order valence-electron chi connectivity index (χ3n) is 2.79. The number of ether oxygens (including phenoxy) is 1. The quantitative estimate of drug-likeness (QED) is 0.691. The van der Waals surface area contributed by atoms with Crippen LogP contribution in [-0.4, -0.2) is 27.2 Å². The SMILES string of the molecule is C=CCSc1nnc2c(n1)O[C@H](C)Nc1ccccc1-2. The largest absolute Gasteiger partial charge is 0.452 e. The van der Waals surface area contributed by atoms with Gasteiger partial charge in [-0.2, -0.15) is 4.98 Å². The van der Waals surface area contributed by atoms with E-state index in [1.807, 2.05) is 31.2 Å². The van der Waals surface area contributed by atoms with Crippen molar-refractivity contribution in [3.8, 4) is 17.1 Å². The van der Waals surface area contributed by atoms with Gasteiger partial charge in [0.2, 0.25) is 11.0 Å². The van der Waals surface area contributed by atoms with E-state index in [2.05, 4.69) is 27.1 Å². The summed E-state index contributed by atoms with van der Waals surface area (Å²) in [6.07, 6.45) is 1.63. The molecule has 5 nitrogen and oxygen atoms in total. The first-order valence-electron chi connectivity index (χ1n) is 6.29. The number of hydrogen-bond acceptors (Lipinski definition) is 6. The predicted molar refractivity (Wildman–Crippen MR) is 79.9 cm³/mol. The maximum Gasteiger partial charge on any atom is 0.247 e. The van der Waals surface area contributed by atoms with Gasteiger partial charge in [0.05, 0.1) is 0 Å². The van der Waals surface area contributed by atoms with Crippen molar-refractivity contribution < 1.29 is 4.74 Å². The zero-order valence-electron chi connectivity index (χ0n) is 11.0. The summed E-state index contributed by atoms with van der Waals surface area (Å²) in [4.78, 5) is 4.44. The molecule has 1 atom stereocenters. The number of fused-ring (bicyclic) bond motifs is 3. The molecule has 0 bridgehead atoms. The molecule has 6 heteroatoms. The molecule has 0 fully saturated rings. The molecular formula is C14H14N4OS. The highest BCUT2D eigenvalue weighted by atomic mass is 32.2. The summed E-state index contributed by atoms with van der Waals surface area (Å²) >= 11 is 1.48. The lowest BCUT2D eigenvalue weighted by atomic mass is 10.1. The van der Waals surface area contributed by atoms with E-state index in [-0.39, 0.29) is 6.23 Å². The zero-order chi connectivity index (χ0) is 13.9. The molecule has 1 N–H and O–H groups in total. The normalized spacial score (nSPS) is 16.1. The van der Waals surface area contributed by atoms with Crippen LogP contribution in [0.25, 0.3) is 11.3 Å². The Hall–Kier alpha value is -2.08. The number of hydrogen-bond donors (Lipinski definition) is 1. The minimum Gasteiger partial charge on any atom is -0.452 e. The van der Waals surface area contributed by atoms with Crippen LogP contribution >= 0.6 is 11.8 Å². The van der Waals surface area contributed by atoms with Crippen molar-refractivity contribution >= 4 is 17.4 Å². The van der Waals surface area contributed by atoms with Crippen LogP contribution in [0.3, 0.4) is 0 Å². The molecule has 0 saturated heterocycles. The molecule has 0 radical (unpaired) electrons. The molecule has 0 amide bonds. The number of aromatic nitrogens is 3. The molecule has 1 aliphatic heterocycles. The van der Waals surface area contributed by atoms with Gasteiger partial charge in [-0.1, -0.05) is 36.0 Å². The lowest BCUT2D eigenvalue weighted by molar-refractivity contribution is 0.240. The molecule has 3 rings (SSSR count). The Bertz CT molecular complexity index is 647. The molecule has 20 heavy (non-hydrogen) atoms. The number of rotatable bonds is 3. The first kappa shape index (κ1) is 12.9. The van der Waals surface area contributed by atoms with Crippen molar-refractivity contribution in [1.29, 1.82) is 0 Å². The van der Waals surface area contributed by atoms with Crippen molar-refractivity contribution in [2.45, 2.75) is 18.3 Å². The molecule has 1 aromatic carbocycles. The van der Waals surface area contributed by atoms with Gasteiger partial charge in [-0.3, -0.25) is 0 Å². The monoisotopic (exact) mass is 286 g/mol. The average Bonchev–Trinajstić information content (AvgIpc) is 2.59. The summed E-state index contributed by atoms with van der Waals surface area (Å²) in [6.45, 7) is 5.62.